The molecule has 0 fully saturated rings. The van der Waals surface area contributed by atoms with E-state index in [0.717, 1.165) is 0 Å². The summed E-state index contributed by atoms with van der Waals surface area (Å²) < 4.78 is 4.47. The SMILES string of the molecule is COC(=O)c1ncc(N)cc1S. The van der Waals surface area contributed by atoms with Gasteiger partial charge in [0, 0.05) is 4.90 Å². The highest BCUT2D eigenvalue weighted by Gasteiger charge is 2.10. The summed E-state index contributed by atoms with van der Waals surface area (Å²) in [5, 5.41) is 0. The van der Waals surface area contributed by atoms with E-state index in [1.807, 2.05) is 0 Å². The summed E-state index contributed by atoms with van der Waals surface area (Å²) in [5.74, 6) is -0.514. The highest BCUT2D eigenvalue weighted by Crippen LogP contribution is 2.14. The fourth-order valence-corrected chi connectivity index (χ4v) is 1.02. The Morgan fingerprint density at radius 1 is 1.75 bits per heavy atom. The fourth-order valence-electron chi connectivity index (χ4n) is 0.723. The molecule has 0 aliphatic carbocycles. The van der Waals surface area contributed by atoms with Gasteiger partial charge in [-0.25, -0.2) is 9.78 Å². The molecule has 2 N–H and O–H groups in total. The Bertz CT molecular complexity index is 314. The number of nitrogens with zero attached hydrogens (tertiary/aromatic N) is 1. The molecule has 0 unspecified atom stereocenters. The molecule has 0 bridgehead atoms. The number of carbonyl (C=O) groups is 1. The lowest BCUT2D eigenvalue weighted by Gasteiger charge is -2.01. The van der Waals surface area contributed by atoms with Crippen LogP contribution in [0.5, 0.6) is 0 Å². The molecule has 64 valence electrons. The third-order valence-electron chi connectivity index (χ3n) is 1.27. The van der Waals surface area contributed by atoms with Crippen LogP contribution >= 0.6 is 12.6 Å². The molecule has 0 radical (unpaired) electrons. The maximum atomic E-state index is 11.0. The molecule has 0 saturated carbocycles. The first-order valence-corrected chi connectivity index (χ1v) is 3.62. The Labute approximate surface area is 75.2 Å². The van der Waals surface area contributed by atoms with Crippen LogP contribution in [0.2, 0.25) is 0 Å². The first-order valence-electron chi connectivity index (χ1n) is 3.18. The van der Waals surface area contributed by atoms with Crippen molar-refractivity contribution in [2.24, 2.45) is 0 Å². The summed E-state index contributed by atoms with van der Waals surface area (Å²) in [6, 6.07) is 1.54. The average molecular weight is 184 g/mol. The van der Waals surface area contributed by atoms with Crippen LogP contribution in [0, 0.1) is 0 Å². The number of nitrogens with two attached hydrogens (primary N) is 1. The van der Waals surface area contributed by atoms with E-state index in [9.17, 15) is 4.79 Å². The molecular weight excluding hydrogens is 176 g/mol. The van der Waals surface area contributed by atoms with Gasteiger partial charge in [0.1, 0.15) is 0 Å². The van der Waals surface area contributed by atoms with Crippen molar-refractivity contribution < 1.29 is 9.53 Å². The van der Waals surface area contributed by atoms with Crippen molar-refractivity contribution in [2.75, 3.05) is 12.8 Å². The third-order valence-corrected chi connectivity index (χ3v) is 1.61. The quantitative estimate of drug-likeness (QED) is 0.499. The zero-order valence-electron chi connectivity index (χ0n) is 6.44. The standard InChI is InChI=1S/C7H8N2O2S/c1-11-7(10)6-5(12)2-4(8)3-9-6/h2-3,12H,8H2,1H3. The monoisotopic (exact) mass is 184 g/mol. The second kappa shape index (κ2) is 3.44. The molecule has 0 saturated heterocycles. The minimum atomic E-state index is -0.514. The molecule has 0 aromatic carbocycles. The molecule has 0 aliphatic rings. The van der Waals surface area contributed by atoms with Gasteiger partial charge in [-0.2, -0.15) is 0 Å². The number of rotatable bonds is 1. The molecule has 1 aromatic heterocycles. The lowest BCUT2D eigenvalue weighted by molar-refractivity contribution is 0.0590. The normalized spacial score (nSPS) is 9.50. The van der Waals surface area contributed by atoms with E-state index >= 15 is 0 Å². The van der Waals surface area contributed by atoms with Gasteiger partial charge >= 0.3 is 5.97 Å². The summed E-state index contributed by atoms with van der Waals surface area (Å²) in [6.45, 7) is 0. The molecule has 1 aromatic rings. The number of aromatic nitrogens is 1. The zero-order chi connectivity index (χ0) is 9.14. The smallest absolute Gasteiger partial charge is 0.357 e. The molecule has 0 aliphatic heterocycles. The minimum absolute atomic E-state index is 0.176. The van der Waals surface area contributed by atoms with Crippen LogP contribution in [0.4, 0.5) is 5.69 Å². The minimum Gasteiger partial charge on any atom is -0.464 e. The molecule has 1 heterocycles. The number of carbonyl (C=O) groups excluding carboxylic acids is 1. The summed E-state index contributed by atoms with van der Waals surface area (Å²) in [4.78, 5) is 15.2. The summed E-state index contributed by atoms with van der Waals surface area (Å²) in [6.07, 6.45) is 1.38. The first-order chi connectivity index (χ1) is 5.65. The van der Waals surface area contributed by atoms with Crippen molar-refractivity contribution in [3.63, 3.8) is 0 Å². The van der Waals surface area contributed by atoms with Crippen molar-refractivity contribution in [3.05, 3.63) is 18.0 Å². The number of hydrogen-bond donors (Lipinski definition) is 2. The summed E-state index contributed by atoms with van der Waals surface area (Å²) in [5.41, 5.74) is 6.05. The van der Waals surface area contributed by atoms with Crippen LogP contribution in [0.3, 0.4) is 0 Å². The van der Waals surface area contributed by atoms with E-state index in [2.05, 4.69) is 22.3 Å². The maximum Gasteiger partial charge on any atom is 0.357 e. The van der Waals surface area contributed by atoms with Gasteiger partial charge in [-0.15, -0.1) is 12.6 Å². The lowest BCUT2D eigenvalue weighted by Crippen LogP contribution is -2.05. The van der Waals surface area contributed by atoms with Crippen LogP contribution in [0.15, 0.2) is 17.2 Å². The van der Waals surface area contributed by atoms with E-state index < -0.39 is 5.97 Å². The first kappa shape index (κ1) is 8.86. The third kappa shape index (κ3) is 1.68. The van der Waals surface area contributed by atoms with Crippen LogP contribution < -0.4 is 5.73 Å². The predicted octanol–water partition coefficient (Wildman–Crippen LogP) is 0.739. The molecule has 12 heavy (non-hydrogen) atoms. The Balaban J connectivity index is 3.09. The topological polar surface area (TPSA) is 65.2 Å². The van der Waals surface area contributed by atoms with E-state index in [4.69, 9.17) is 5.73 Å². The molecule has 0 atom stereocenters. The van der Waals surface area contributed by atoms with Gasteiger partial charge in [-0.1, -0.05) is 0 Å². The van der Waals surface area contributed by atoms with Crippen LogP contribution in [0.25, 0.3) is 0 Å². The second-order valence-electron chi connectivity index (χ2n) is 2.13. The molecule has 0 spiro atoms. The maximum absolute atomic E-state index is 11.0. The Kier molecular flexibility index (Phi) is 2.54. The summed E-state index contributed by atoms with van der Waals surface area (Å²) >= 11 is 4.02. The second-order valence-corrected chi connectivity index (χ2v) is 2.61. The fraction of sp³-hybridized carbons (Fsp3) is 0.143. The highest BCUT2D eigenvalue weighted by molar-refractivity contribution is 7.80. The van der Waals surface area contributed by atoms with Crippen molar-refractivity contribution >= 4 is 24.3 Å². The van der Waals surface area contributed by atoms with E-state index in [0.29, 0.717) is 10.6 Å². The summed E-state index contributed by atoms with van der Waals surface area (Å²) in [7, 11) is 1.29. The van der Waals surface area contributed by atoms with Gasteiger partial charge in [0.15, 0.2) is 5.69 Å². The number of thiol groups is 1. The van der Waals surface area contributed by atoms with Gasteiger partial charge in [0.25, 0.3) is 0 Å². The van der Waals surface area contributed by atoms with Crippen LogP contribution in [-0.4, -0.2) is 18.1 Å². The molecular formula is C7H8N2O2S. The number of methoxy groups -OCH3 is 1. The largest absolute Gasteiger partial charge is 0.464 e. The zero-order valence-corrected chi connectivity index (χ0v) is 7.34. The Hall–Kier alpha value is -1.23. The number of hydrogen-bond acceptors (Lipinski definition) is 5. The highest BCUT2D eigenvalue weighted by atomic mass is 32.1. The van der Waals surface area contributed by atoms with Crippen molar-refractivity contribution in [1.82, 2.24) is 4.98 Å². The Morgan fingerprint density at radius 2 is 2.42 bits per heavy atom. The van der Waals surface area contributed by atoms with Crippen molar-refractivity contribution in [3.8, 4) is 0 Å². The van der Waals surface area contributed by atoms with E-state index in [1.54, 1.807) is 6.07 Å². The number of pyridine rings is 1. The van der Waals surface area contributed by atoms with Gasteiger partial charge in [-0.05, 0) is 6.07 Å². The van der Waals surface area contributed by atoms with Crippen LogP contribution in [-0.2, 0) is 4.74 Å². The number of esters is 1. The van der Waals surface area contributed by atoms with Gasteiger partial charge in [0.2, 0.25) is 0 Å². The van der Waals surface area contributed by atoms with E-state index in [1.165, 1.54) is 13.3 Å². The number of nitrogen functional groups attached to an aromatic ring is 1. The Morgan fingerprint density at radius 3 is 2.92 bits per heavy atom. The molecule has 5 heteroatoms. The van der Waals surface area contributed by atoms with Gasteiger partial charge in [0.05, 0.1) is 19.0 Å². The van der Waals surface area contributed by atoms with Crippen molar-refractivity contribution in [2.45, 2.75) is 4.90 Å². The number of ether oxygens (including phenoxy) is 1. The van der Waals surface area contributed by atoms with E-state index in [-0.39, 0.29) is 5.69 Å². The van der Waals surface area contributed by atoms with Crippen LogP contribution in [0.1, 0.15) is 10.5 Å². The lowest BCUT2D eigenvalue weighted by atomic mass is 10.3. The molecule has 0 amide bonds. The number of anilines is 1. The van der Waals surface area contributed by atoms with Gasteiger partial charge < -0.3 is 10.5 Å². The average Bonchev–Trinajstić information content (AvgIpc) is 2.03. The van der Waals surface area contributed by atoms with Crippen molar-refractivity contribution in [1.29, 1.82) is 0 Å². The van der Waals surface area contributed by atoms with Gasteiger partial charge in [-0.3, -0.25) is 0 Å². The predicted molar refractivity (Wildman–Crippen MR) is 47.2 cm³/mol. The molecule has 1 rings (SSSR count). The molecule has 4 nitrogen and oxygen atoms in total.